The number of nitrogens with zero attached hydrogens (tertiary/aromatic N) is 4. The van der Waals surface area contributed by atoms with E-state index in [-0.39, 0.29) is 17.6 Å². The molecule has 6 nitrogen and oxygen atoms in total. The molecule has 0 aliphatic carbocycles. The van der Waals surface area contributed by atoms with E-state index in [1.165, 1.54) is 11.0 Å². The maximum atomic E-state index is 13.7. The van der Waals surface area contributed by atoms with Crippen LogP contribution in [0.3, 0.4) is 0 Å². The number of hydrogen-bond acceptors (Lipinski definition) is 4. The second-order valence-corrected chi connectivity index (χ2v) is 8.43. The van der Waals surface area contributed by atoms with Gasteiger partial charge >= 0.3 is 6.18 Å². The van der Waals surface area contributed by atoms with Crippen LogP contribution in [0.4, 0.5) is 23.2 Å². The topological polar surface area (TPSA) is 60.8 Å². The standard InChI is InChI=1S/C25H33F4N5O/c1-6-22(18-12-13-30-17(3)15-18)34(14-8-9-24(35)33(4)5)32-23(7-2)31-19-10-11-21(26)20(16-19)25(27,28)29/h10-13,15-16,22H,6-9,14H2,1-5H3,(H,31,32). The monoisotopic (exact) mass is 495 g/mol. The summed E-state index contributed by atoms with van der Waals surface area (Å²) < 4.78 is 53.1. The van der Waals surface area contributed by atoms with Crippen molar-refractivity contribution in [2.45, 2.75) is 58.7 Å². The van der Waals surface area contributed by atoms with Crippen LogP contribution >= 0.6 is 0 Å². The van der Waals surface area contributed by atoms with Crippen LogP contribution in [0.1, 0.15) is 62.4 Å². The molecule has 0 spiro atoms. The Morgan fingerprint density at radius 2 is 1.89 bits per heavy atom. The molecule has 0 aliphatic heterocycles. The molecule has 1 unspecified atom stereocenters. The number of hydrogen-bond donors (Lipinski definition) is 1. The number of amidine groups is 1. The first-order chi connectivity index (χ1) is 16.5. The average Bonchev–Trinajstić information content (AvgIpc) is 2.79. The van der Waals surface area contributed by atoms with E-state index in [9.17, 15) is 22.4 Å². The molecular formula is C25H33F4N5O. The molecular weight excluding hydrogens is 462 g/mol. The fraction of sp³-hybridized carbons (Fsp3) is 0.480. The first-order valence-corrected chi connectivity index (χ1v) is 11.6. The number of amides is 1. The molecule has 1 atom stereocenters. The zero-order valence-electron chi connectivity index (χ0n) is 20.8. The Kier molecular flexibility index (Phi) is 10.2. The lowest BCUT2D eigenvalue weighted by atomic mass is 10.0. The molecule has 0 saturated heterocycles. The van der Waals surface area contributed by atoms with E-state index in [0.29, 0.717) is 37.7 Å². The summed E-state index contributed by atoms with van der Waals surface area (Å²) >= 11 is 0. The van der Waals surface area contributed by atoms with Crippen LogP contribution in [0, 0.1) is 12.7 Å². The van der Waals surface area contributed by atoms with Crippen molar-refractivity contribution >= 4 is 17.4 Å². The third kappa shape index (κ3) is 8.31. The lowest BCUT2D eigenvalue weighted by Crippen LogP contribution is -2.45. The Bertz CT molecular complexity index is 1020. The molecule has 0 bridgehead atoms. The SMILES string of the molecule is CCC(=Nc1ccc(F)c(C(F)(F)F)c1)NN(CCCC(=O)N(C)C)C(CC)c1ccnc(C)c1. The van der Waals surface area contributed by atoms with E-state index in [1.807, 2.05) is 37.9 Å². The lowest BCUT2D eigenvalue weighted by molar-refractivity contribution is -0.140. The van der Waals surface area contributed by atoms with Gasteiger partial charge in [-0.3, -0.25) is 9.78 Å². The van der Waals surface area contributed by atoms with Crippen molar-refractivity contribution in [2.75, 3.05) is 20.6 Å². The molecule has 0 radical (unpaired) electrons. The number of halogens is 4. The smallest absolute Gasteiger partial charge is 0.349 e. The zero-order chi connectivity index (χ0) is 26.2. The third-order valence-electron chi connectivity index (χ3n) is 5.48. The number of alkyl halides is 3. The fourth-order valence-corrected chi connectivity index (χ4v) is 3.63. The van der Waals surface area contributed by atoms with Crippen molar-refractivity contribution in [3.63, 3.8) is 0 Å². The Hall–Kier alpha value is -3.01. The molecule has 1 amide bonds. The summed E-state index contributed by atoms with van der Waals surface area (Å²) in [6, 6.07) is 6.49. The highest BCUT2D eigenvalue weighted by molar-refractivity contribution is 5.84. The minimum absolute atomic E-state index is 0.00128. The normalized spacial score (nSPS) is 13.1. The third-order valence-corrected chi connectivity index (χ3v) is 5.48. The minimum Gasteiger partial charge on any atom is -0.349 e. The van der Waals surface area contributed by atoms with Gasteiger partial charge < -0.3 is 10.3 Å². The van der Waals surface area contributed by atoms with Gasteiger partial charge in [0.1, 0.15) is 11.7 Å². The fourth-order valence-electron chi connectivity index (χ4n) is 3.63. The number of aromatic nitrogens is 1. The van der Waals surface area contributed by atoms with Crippen molar-refractivity contribution < 1.29 is 22.4 Å². The highest BCUT2D eigenvalue weighted by Gasteiger charge is 2.34. The maximum absolute atomic E-state index is 13.7. The molecule has 0 saturated carbocycles. The summed E-state index contributed by atoms with van der Waals surface area (Å²) in [7, 11) is 3.40. The first-order valence-electron chi connectivity index (χ1n) is 11.6. The summed E-state index contributed by atoms with van der Waals surface area (Å²) in [4.78, 5) is 22.2. The molecule has 35 heavy (non-hydrogen) atoms. The highest BCUT2D eigenvalue weighted by atomic mass is 19.4. The second kappa shape index (κ2) is 12.6. The van der Waals surface area contributed by atoms with Crippen LogP contribution in [0.5, 0.6) is 0 Å². The summed E-state index contributed by atoms with van der Waals surface area (Å²) in [5, 5.41) is 1.95. The van der Waals surface area contributed by atoms with Crippen LogP contribution in [-0.4, -0.2) is 47.3 Å². The van der Waals surface area contributed by atoms with Gasteiger partial charge in [-0.15, -0.1) is 0 Å². The van der Waals surface area contributed by atoms with Crippen molar-refractivity contribution in [2.24, 2.45) is 4.99 Å². The number of carbonyl (C=O) groups is 1. The van der Waals surface area contributed by atoms with E-state index in [4.69, 9.17) is 0 Å². The number of nitrogens with one attached hydrogen (secondary N) is 1. The largest absolute Gasteiger partial charge is 0.419 e. The van der Waals surface area contributed by atoms with E-state index in [2.05, 4.69) is 15.4 Å². The van der Waals surface area contributed by atoms with Gasteiger partial charge in [0.2, 0.25) is 5.91 Å². The average molecular weight is 496 g/mol. The predicted octanol–water partition coefficient (Wildman–Crippen LogP) is 5.81. The van der Waals surface area contributed by atoms with Crippen molar-refractivity contribution in [3.05, 3.63) is 59.2 Å². The van der Waals surface area contributed by atoms with Gasteiger partial charge in [0, 0.05) is 45.4 Å². The van der Waals surface area contributed by atoms with Gasteiger partial charge in [0.05, 0.1) is 17.3 Å². The van der Waals surface area contributed by atoms with Gasteiger partial charge in [-0.25, -0.2) is 14.4 Å². The number of aryl methyl sites for hydroxylation is 1. The molecule has 2 aromatic rings. The molecule has 1 aromatic heterocycles. The van der Waals surface area contributed by atoms with E-state index in [1.54, 1.807) is 20.3 Å². The molecule has 1 heterocycles. The Balaban J connectivity index is 2.36. The summed E-state index contributed by atoms with van der Waals surface area (Å²) in [5.41, 5.74) is 3.78. The van der Waals surface area contributed by atoms with E-state index < -0.39 is 17.6 Å². The molecule has 192 valence electrons. The highest BCUT2D eigenvalue weighted by Crippen LogP contribution is 2.34. The van der Waals surface area contributed by atoms with Crippen molar-refractivity contribution in [1.82, 2.24) is 20.3 Å². The van der Waals surface area contributed by atoms with E-state index in [0.717, 1.165) is 23.7 Å². The lowest BCUT2D eigenvalue weighted by Gasteiger charge is -2.33. The number of aliphatic imine (C=N–C) groups is 1. The number of pyridine rings is 1. The van der Waals surface area contributed by atoms with Crippen LogP contribution in [0.15, 0.2) is 41.5 Å². The van der Waals surface area contributed by atoms with Crippen molar-refractivity contribution in [1.29, 1.82) is 0 Å². The number of hydrazine groups is 1. The Labute approximate surface area is 204 Å². The van der Waals surface area contributed by atoms with Gasteiger partial charge in [0.15, 0.2) is 0 Å². The minimum atomic E-state index is -4.81. The van der Waals surface area contributed by atoms with Gasteiger partial charge in [-0.1, -0.05) is 13.8 Å². The first kappa shape index (κ1) is 28.2. The molecule has 0 fully saturated rings. The van der Waals surface area contributed by atoms with E-state index >= 15 is 0 Å². The quantitative estimate of drug-likeness (QED) is 0.195. The summed E-state index contributed by atoms with van der Waals surface area (Å²) in [6.45, 7) is 6.24. The molecule has 1 aromatic carbocycles. The molecule has 0 aliphatic rings. The molecule has 10 heteroatoms. The molecule has 1 N–H and O–H groups in total. The Morgan fingerprint density at radius 3 is 2.46 bits per heavy atom. The zero-order valence-corrected chi connectivity index (χ0v) is 20.8. The van der Waals surface area contributed by atoms with Gasteiger partial charge in [-0.2, -0.15) is 13.2 Å². The van der Waals surface area contributed by atoms with Crippen LogP contribution < -0.4 is 5.43 Å². The van der Waals surface area contributed by atoms with Gasteiger partial charge in [-0.05, 0) is 55.7 Å². The Morgan fingerprint density at radius 1 is 1.17 bits per heavy atom. The number of rotatable bonds is 10. The van der Waals surface area contributed by atoms with Crippen LogP contribution in [-0.2, 0) is 11.0 Å². The predicted molar refractivity (Wildman–Crippen MR) is 129 cm³/mol. The summed E-state index contributed by atoms with van der Waals surface area (Å²) in [5.74, 6) is -0.908. The number of benzene rings is 1. The van der Waals surface area contributed by atoms with Crippen molar-refractivity contribution in [3.8, 4) is 0 Å². The number of carbonyl (C=O) groups excluding carboxylic acids is 1. The second-order valence-electron chi connectivity index (χ2n) is 8.43. The maximum Gasteiger partial charge on any atom is 0.419 e. The summed E-state index contributed by atoms with van der Waals surface area (Å²) in [6.07, 6.45) is -1.04. The molecule has 2 rings (SSSR count). The van der Waals surface area contributed by atoms with Crippen LogP contribution in [0.2, 0.25) is 0 Å². The van der Waals surface area contributed by atoms with Crippen LogP contribution in [0.25, 0.3) is 0 Å². The van der Waals surface area contributed by atoms with Gasteiger partial charge in [0.25, 0.3) is 0 Å².